The summed E-state index contributed by atoms with van der Waals surface area (Å²) >= 11 is 2.98. The van der Waals surface area contributed by atoms with Gasteiger partial charge in [-0.15, -0.1) is 13.2 Å². The van der Waals surface area contributed by atoms with Crippen LogP contribution < -0.4 is 9.46 Å². The molecule has 1 fully saturated rings. The minimum Gasteiger partial charge on any atom is -0.404 e. The van der Waals surface area contributed by atoms with Crippen LogP contribution in [-0.2, 0) is 14.8 Å². The second-order valence-electron chi connectivity index (χ2n) is 4.63. The predicted molar refractivity (Wildman–Crippen MR) is 75.0 cm³/mol. The van der Waals surface area contributed by atoms with Gasteiger partial charge < -0.3 is 9.47 Å². The molecule has 5 nitrogen and oxygen atoms in total. The van der Waals surface area contributed by atoms with E-state index in [4.69, 9.17) is 4.74 Å². The fourth-order valence-electron chi connectivity index (χ4n) is 1.99. The summed E-state index contributed by atoms with van der Waals surface area (Å²) in [6.45, 7) is 0.553. The summed E-state index contributed by atoms with van der Waals surface area (Å²) in [5.41, 5.74) is 0. The van der Waals surface area contributed by atoms with Crippen molar-refractivity contribution in [2.24, 2.45) is 0 Å². The molecule has 124 valence electrons. The Kier molecular flexibility index (Phi) is 5.36. The summed E-state index contributed by atoms with van der Waals surface area (Å²) in [6, 6.07) is 3.32. The van der Waals surface area contributed by atoms with Crippen LogP contribution in [0.25, 0.3) is 0 Å². The van der Waals surface area contributed by atoms with Gasteiger partial charge in [-0.05, 0) is 31.0 Å². The summed E-state index contributed by atoms with van der Waals surface area (Å²) in [6.07, 6.45) is -3.72. The fraction of sp³-hybridized carbons (Fsp3) is 0.500. The normalized spacial score (nSPS) is 19.4. The molecular formula is C12H13BrF3NO4S. The monoisotopic (exact) mass is 403 g/mol. The van der Waals surface area contributed by atoms with E-state index in [1.54, 1.807) is 0 Å². The largest absolute Gasteiger partial charge is 0.573 e. The van der Waals surface area contributed by atoms with E-state index in [0.29, 0.717) is 13.0 Å². The molecule has 0 aliphatic carbocycles. The molecule has 1 aliphatic rings. The van der Waals surface area contributed by atoms with Crippen molar-refractivity contribution in [3.05, 3.63) is 22.7 Å². The smallest absolute Gasteiger partial charge is 0.404 e. The van der Waals surface area contributed by atoms with E-state index in [-0.39, 0.29) is 17.1 Å². The molecule has 1 aromatic rings. The quantitative estimate of drug-likeness (QED) is 0.820. The molecule has 1 heterocycles. The number of halogens is 4. The van der Waals surface area contributed by atoms with E-state index in [2.05, 4.69) is 25.4 Å². The van der Waals surface area contributed by atoms with Crippen LogP contribution in [-0.4, -0.2) is 34.0 Å². The third-order valence-electron chi connectivity index (χ3n) is 2.95. The zero-order chi connectivity index (χ0) is 16.4. The van der Waals surface area contributed by atoms with Gasteiger partial charge in [0, 0.05) is 17.6 Å². The highest BCUT2D eigenvalue weighted by atomic mass is 79.9. The van der Waals surface area contributed by atoms with Gasteiger partial charge in [0.15, 0.2) is 5.75 Å². The predicted octanol–water partition coefficient (Wildman–Crippen LogP) is 2.81. The van der Waals surface area contributed by atoms with Gasteiger partial charge >= 0.3 is 6.36 Å². The third kappa shape index (κ3) is 4.83. The van der Waals surface area contributed by atoms with E-state index in [9.17, 15) is 21.6 Å². The Bertz CT molecular complexity index is 630. The van der Waals surface area contributed by atoms with Crippen molar-refractivity contribution < 1.29 is 31.1 Å². The second-order valence-corrected chi connectivity index (χ2v) is 7.28. The lowest BCUT2D eigenvalue weighted by Gasteiger charge is -2.15. The maximum absolute atomic E-state index is 12.4. The number of hydrogen-bond acceptors (Lipinski definition) is 4. The molecule has 2 rings (SSSR count). The number of hydrogen-bond donors (Lipinski definition) is 1. The highest BCUT2D eigenvalue weighted by Gasteiger charge is 2.34. The van der Waals surface area contributed by atoms with Crippen LogP contribution in [0.1, 0.15) is 12.8 Å². The van der Waals surface area contributed by atoms with Gasteiger partial charge in [-0.25, -0.2) is 13.1 Å². The standard InChI is InChI=1S/C12H13BrF3NO4S/c13-8-3-4-11(10(6-8)21-12(14,15)16)22(18,19)17-7-9-2-1-5-20-9/h3-4,6,9,17H,1-2,5,7H2. The van der Waals surface area contributed by atoms with Gasteiger partial charge in [0.25, 0.3) is 0 Å². The Balaban J connectivity index is 2.21. The van der Waals surface area contributed by atoms with Crippen LogP contribution in [0.4, 0.5) is 13.2 Å². The van der Waals surface area contributed by atoms with Crippen molar-refractivity contribution in [1.82, 2.24) is 4.72 Å². The molecule has 1 N–H and O–H groups in total. The molecule has 0 radical (unpaired) electrons. The molecule has 0 amide bonds. The van der Waals surface area contributed by atoms with Gasteiger partial charge in [-0.2, -0.15) is 0 Å². The zero-order valence-corrected chi connectivity index (χ0v) is 13.6. The summed E-state index contributed by atoms with van der Waals surface area (Å²) in [5.74, 6) is -0.790. The van der Waals surface area contributed by atoms with Crippen molar-refractivity contribution in [2.75, 3.05) is 13.2 Å². The number of alkyl halides is 3. The van der Waals surface area contributed by atoms with Crippen molar-refractivity contribution in [1.29, 1.82) is 0 Å². The molecule has 0 spiro atoms. The molecule has 1 unspecified atom stereocenters. The summed E-state index contributed by atoms with van der Waals surface area (Å²) in [5, 5.41) is 0. The Hall–Kier alpha value is -0.840. The van der Waals surface area contributed by atoms with Crippen LogP contribution >= 0.6 is 15.9 Å². The molecule has 0 saturated carbocycles. The van der Waals surface area contributed by atoms with E-state index in [0.717, 1.165) is 18.6 Å². The Morgan fingerprint density at radius 2 is 2.14 bits per heavy atom. The van der Waals surface area contributed by atoms with Crippen LogP contribution in [0.5, 0.6) is 5.75 Å². The first-order valence-corrected chi connectivity index (χ1v) is 8.61. The molecule has 10 heteroatoms. The molecule has 1 saturated heterocycles. The van der Waals surface area contributed by atoms with Gasteiger partial charge in [0.05, 0.1) is 6.10 Å². The van der Waals surface area contributed by atoms with Crippen molar-refractivity contribution in [2.45, 2.75) is 30.2 Å². The maximum Gasteiger partial charge on any atom is 0.573 e. The number of benzene rings is 1. The third-order valence-corrected chi connectivity index (χ3v) is 4.90. The van der Waals surface area contributed by atoms with Gasteiger partial charge in [0.1, 0.15) is 4.90 Å². The first-order valence-electron chi connectivity index (χ1n) is 6.34. The molecule has 1 atom stereocenters. The van der Waals surface area contributed by atoms with Crippen LogP contribution in [0.15, 0.2) is 27.6 Å². The minimum absolute atomic E-state index is 0.00382. The summed E-state index contributed by atoms with van der Waals surface area (Å²) in [7, 11) is -4.14. The molecule has 1 aliphatic heterocycles. The Morgan fingerprint density at radius 1 is 1.41 bits per heavy atom. The topological polar surface area (TPSA) is 64.6 Å². The molecule has 0 bridgehead atoms. The van der Waals surface area contributed by atoms with Crippen molar-refractivity contribution in [3.63, 3.8) is 0 Å². The fourth-order valence-corrected chi connectivity index (χ4v) is 3.51. The first kappa shape index (κ1) is 17.5. The molecule has 22 heavy (non-hydrogen) atoms. The average molecular weight is 404 g/mol. The lowest BCUT2D eigenvalue weighted by Crippen LogP contribution is -2.32. The van der Waals surface area contributed by atoms with Crippen LogP contribution in [0, 0.1) is 0 Å². The lowest BCUT2D eigenvalue weighted by molar-refractivity contribution is -0.275. The Labute approximate surface area is 134 Å². The van der Waals surface area contributed by atoms with Crippen molar-refractivity contribution in [3.8, 4) is 5.75 Å². The van der Waals surface area contributed by atoms with Crippen LogP contribution in [0.2, 0.25) is 0 Å². The van der Waals surface area contributed by atoms with Gasteiger partial charge in [-0.3, -0.25) is 0 Å². The number of rotatable bonds is 5. The Morgan fingerprint density at radius 3 is 2.73 bits per heavy atom. The minimum atomic E-state index is -4.99. The SMILES string of the molecule is O=S(=O)(NCC1CCCO1)c1ccc(Br)cc1OC(F)(F)F. The second kappa shape index (κ2) is 6.73. The lowest BCUT2D eigenvalue weighted by atomic mass is 10.2. The maximum atomic E-state index is 12.4. The van der Waals surface area contributed by atoms with Crippen molar-refractivity contribution >= 4 is 26.0 Å². The van der Waals surface area contributed by atoms with Crippen LogP contribution in [0.3, 0.4) is 0 Å². The van der Waals surface area contributed by atoms with E-state index >= 15 is 0 Å². The highest BCUT2D eigenvalue weighted by molar-refractivity contribution is 9.10. The molecular weight excluding hydrogens is 391 g/mol. The number of ether oxygens (including phenoxy) is 2. The van der Waals surface area contributed by atoms with E-state index < -0.39 is 27.0 Å². The summed E-state index contributed by atoms with van der Waals surface area (Å²) < 4.78 is 73.1. The molecule has 1 aromatic carbocycles. The molecule has 0 aromatic heterocycles. The first-order chi connectivity index (χ1) is 10.2. The highest BCUT2D eigenvalue weighted by Crippen LogP contribution is 2.32. The van der Waals surface area contributed by atoms with Gasteiger partial charge in [-0.1, -0.05) is 15.9 Å². The van der Waals surface area contributed by atoms with Gasteiger partial charge in [0.2, 0.25) is 10.0 Å². The summed E-state index contributed by atoms with van der Waals surface area (Å²) in [4.78, 5) is -0.578. The zero-order valence-electron chi connectivity index (χ0n) is 11.2. The van der Waals surface area contributed by atoms with E-state index in [1.807, 2.05) is 0 Å². The number of nitrogens with one attached hydrogen (secondary N) is 1. The number of sulfonamides is 1. The van der Waals surface area contributed by atoms with E-state index in [1.165, 1.54) is 6.07 Å². The average Bonchev–Trinajstić information content (AvgIpc) is 2.87.